The number of benzene rings is 1. The Kier molecular flexibility index (Phi) is 6.42. The number of pyridine rings is 1. The van der Waals surface area contributed by atoms with Crippen molar-refractivity contribution in [3.05, 3.63) is 59.9 Å². The molecule has 0 bridgehead atoms. The van der Waals surface area contributed by atoms with Gasteiger partial charge in [-0.05, 0) is 62.5 Å². The molecule has 1 aromatic carbocycles. The number of para-hydroxylation sites is 1. The number of rotatable bonds is 7. The first-order chi connectivity index (χ1) is 12.3. The lowest BCUT2D eigenvalue weighted by Crippen LogP contribution is -2.44. The zero-order valence-electron chi connectivity index (χ0n) is 15.1. The number of phenolic OH excluding ortho intramolecular Hbond substituents is 1. The van der Waals surface area contributed by atoms with Crippen LogP contribution in [0.2, 0.25) is 0 Å². The van der Waals surface area contributed by atoms with Crippen LogP contribution >= 0.6 is 0 Å². The van der Waals surface area contributed by atoms with E-state index in [4.69, 9.17) is 0 Å². The van der Waals surface area contributed by atoms with Crippen LogP contribution in [0.25, 0.3) is 0 Å². The van der Waals surface area contributed by atoms with Gasteiger partial charge >= 0.3 is 0 Å². The summed E-state index contributed by atoms with van der Waals surface area (Å²) in [6, 6.07) is 12.7. The van der Waals surface area contributed by atoms with Crippen LogP contribution in [0, 0.1) is 0 Å². The third-order valence-corrected chi connectivity index (χ3v) is 5.21. The van der Waals surface area contributed by atoms with Crippen LogP contribution < -0.4 is 5.32 Å². The van der Waals surface area contributed by atoms with E-state index < -0.39 is 0 Å². The summed E-state index contributed by atoms with van der Waals surface area (Å²) in [6.45, 7) is 5.57. The van der Waals surface area contributed by atoms with Gasteiger partial charge in [0.1, 0.15) is 5.75 Å². The number of aromatic hydroxyl groups is 1. The van der Waals surface area contributed by atoms with Crippen LogP contribution in [0.5, 0.6) is 5.75 Å². The van der Waals surface area contributed by atoms with Gasteiger partial charge in [-0.15, -0.1) is 0 Å². The summed E-state index contributed by atoms with van der Waals surface area (Å²) in [5.74, 6) is 0.400. The standard InChI is InChI=1S/C21H29N3O/c1-2-20(19-5-3-4-6-21(19)25)23-18-10-15-24(16-11-18)14-9-17-7-12-22-13-8-17/h3-8,12-13,18,20,23,25H,2,9-11,14-16H2,1H3/t20-/m0/s1. The number of hydrogen-bond donors (Lipinski definition) is 2. The number of likely N-dealkylation sites (tertiary alicyclic amines) is 1. The SMILES string of the molecule is CC[C@H](NC1CCN(CCc2ccncc2)CC1)c1ccccc1O. The summed E-state index contributed by atoms with van der Waals surface area (Å²) >= 11 is 0. The molecule has 1 atom stereocenters. The highest BCUT2D eigenvalue weighted by Gasteiger charge is 2.22. The number of phenols is 1. The molecule has 0 spiro atoms. The van der Waals surface area contributed by atoms with Crippen LogP contribution in [-0.2, 0) is 6.42 Å². The smallest absolute Gasteiger partial charge is 0.120 e. The first kappa shape index (κ1) is 17.9. The summed E-state index contributed by atoms with van der Waals surface area (Å²) in [7, 11) is 0. The fourth-order valence-corrected chi connectivity index (χ4v) is 3.65. The molecule has 1 aliphatic heterocycles. The predicted molar refractivity (Wildman–Crippen MR) is 102 cm³/mol. The molecule has 1 aromatic heterocycles. The van der Waals surface area contributed by atoms with Crippen LogP contribution in [0.1, 0.15) is 43.4 Å². The molecule has 2 heterocycles. The van der Waals surface area contributed by atoms with Gasteiger partial charge in [0.2, 0.25) is 0 Å². The van der Waals surface area contributed by atoms with Gasteiger partial charge in [0.05, 0.1) is 0 Å². The maximum Gasteiger partial charge on any atom is 0.120 e. The molecule has 4 heteroatoms. The van der Waals surface area contributed by atoms with Gasteiger partial charge in [0.15, 0.2) is 0 Å². The highest BCUT2D eigenvalue weighted by molar-refractivity contribution is 5.34. The molecule has 2 N–H and O–H groups in total. The normalized spacial score (nSPS) is 17.5. The van der Waals surface area contributed by atoms with E-state index in [0.29, 0.717) is 11.8 Å². The van der Waals surface area contributed by atoms with Gasteiger partial charge in [-0.3, -0.25) is 4.98 Å². The molecule has 4 nitrogen and oxygen atoms in total. The minimum Gasteiger partial charge on any atom is -0.508 e. The van der Waals surface area contributed by atoms with Crippen LogP contribution in [-0.4, -0.2) is 40.7 Å². The topological polar surface area (TPSA) is 48.4 Å². The maximum atomic E-state index is 10.1. The van der Waals surface area contributed by atoms with E-state index in [-0.39, 0.29) is 6.04 Å². The molecule has 1 fully saturated rings. The van der Waals surface area contributed by atoms with Gasteiger partial charge in [-0.2, -0.15) is 0 Å². The van der Waals surface area contributed by atoms with Gasteiger partial charge < -0.3 is 15.3 Å². The van der Waals surface area contributed by atoms with E-state index in [1.54, 1.807) is 6.07 Å². The first-order valence-electron chi connectivity index (χ1n) is 9.41. The van der Waals surface area contributed by atoms with Gasteiger partial charge in [-0.25, -0.2) is 0 Å². The summed E-state index contributed by atoms with van der Waals surface area (Å²) in [5, 5.41) is 13.9. The Morgan fingerprint density at radius 3 is 2.56 bits per heavy atom. The maximum absolute atomic E-state index is 10.1. The number of nitrogens with one attached hydrogen (secondary N) is 1. The van der Waals surface area contributed by atoms with Crippen LogP contribution in [0.3, 0.4) is 0 Å². The van der Waals surface area contributed by atoms with E-state index in [0.717, 1.165) is 38.0 Å². The minimum absolute atomic E-state index is 0.231. The lowest BCUT2D eigenvalue weighted by atomic mass is 9.98. The van der Waals surface area contributed by atoms with E-state index in [2.05, 4.69) is 34.3 Å². The van der Waals surface area contributed by atoms with Crippen molar-refractivity contribution in [1.82, 2.24) is 15.2 Å². The van der Waals surface area contributed by atoms with E-state index in [1.165, 1.54) is 18.4 Å². The molecule has 0 saturated carbocycles. The molecule has 25 heavy (non-hydrogen) atoms. The quantitative estimate of drug-likeness (QED) is 0.810. The molecule has 1 aliphatic rings. The molecular weight excluding hydrogens is 310 g/mol. The summed E-state index contributed by atoms with van der Waals surface area (Å²) in [4.78, 5) is 6.63. The zero-order chi connectivity index (χ0) is 17.5. The average Bonchev–Trinajstić information content (AvgIpc) is 2.67. The summed E-state index contributed by atoms with van der Waals surface area (Å²) in [6.07, 6.45) is 8.15. The molecule has 0 aliphatic carbocycles. The Labute approximate surface area is 150 Å². The Morgan fingerprint density at radius 1 is 1.16 bits per heavy atom. The van der Waals surface area contributed by atoms with Crippen LogP contribution in [0.15, 0.2) is 48.8 Å². The second kappa shape index (κ2) is 8.97. The van der Waals surface area contributed by atoms with E-state index in [1.807, 2.05) is 30.6 Å². The summed E-state index contributed by atoms with van der Waals surface area (Å²) in [5.41, 5.74) is 2.38. The van der Waals surface area contributed by atoms with Crippen molar-refractivity contribution in [2.24, 2.45) is 0 Å². The van der Waals surface area contributed by atoms with Gasteiger partial charge in [0.25, 0.3) is 0 Å². The Bertz CT molecular complexity index is 639. The largest absolute Gasteiger partial charge is 0.508 e. The zero-order valence-corrected chi connectivity index (χ0v) is 15.1. The number of hydrogen-bond acceptors (Lipinski definition) is 4. The minimum atomic E-state index is 0.231. The molecular formula is C21H29N3O. The highest BCUT2D eigenvalue weighted by atomic mass is 16.3. The van der Waals surface area contributed by atoms with Gasteiger partial charge in [-0.1, -0.05) is 25.1 Å². The van der Waals surface area contributed by atoms with Crippen molar-refractivity contribution in [3.63, 3.8) is 0 Å². The monoisotopic (exact) mass is 339 g/mol. The molecule has 2 aromatic rings. The average molecular weight is 339 g/mol. The molecule has 1 saturated heterocycles. The van der Waals surface area contributed by atoms with Crippen molar-refractivity contribution in [1.29, 1.82) is 0 Å². The molecule has 0 unspecified atom stereocenters. The first-order valence-corrected chi connectivity index (χ1v) is 9.41. The van der Waals surface area contributed by atoms with Crippen molar-refractivity contribution in [2.45, 2.75) is 44.7 Å². The van der Waals surface area contributed by atoms with Crippen molar-refractivity contribution < 1.29 is 5.11 Å². The van der Waals surface area contributed by atoms with Crippen molar-refractivity contribution in [2.75, 3.05) is 19.6 Å². The summed E-state index contributed by atoms with van der Waals surface area (Å²) < 4.78 is 0. The molecule has 134 valence electrons. The Morgan fingerprint density at radius 2 is 1.88 bits per heavy atom. The second-order valence-electron chi connectivity index (χ2n) is 6.91. The fraction of sp³-hybridized carbons (Fsp3) is 0.476. The fourth-order valence-electron chi connectivity index (χ4n) is 3.65. The lowest BCUT2D eigenvalue weighted by Gasteiger charge is -2.34. The highest BCUT2D eigenvalue weighted by Crippen LogP contribution is 2.27. The number of nitrogens with zero attached hydrogens (tertiary/aromatic N) is 2. The molecule has 0 amide bonds. The predicted octanol–water partition coefficient (Wildman–Crippen LogP) is 3.54. The molecule has 3 rings (SSSR count). The molecule has 0 radical (unpaired) electrons. The van der Waals surface area contributed by atoms with E-state index >= 15 is 0 Å². The van der Waals surface area contributed by atoms with Gasteiger partial charge in [0, 0.05) is 36.6 Å². The number of aromatic nitrogens is 1. The Hall–Kier alpha value is -1.91. The van der Waals surface area contributed by atoms with E-state index in [9.17, 15) is 5.11 Å². The third kappa shape index (κ3) is 5.03. The Balaban J connectivity index is 1.46. The van der Waals surface area contributed by atoms with Crippen molar-refractivity contribution >= 4 is 0 Å². The lowest BCUT2D eigenvalue weighted by molar-refractivity contribution is 0.191. The number of piperidine rings is 1. The third-order valence-electron chi connectivity index (χ3n) is 5.21. The van der Waals surface area contributed by atoms with Crippen molar-refractivity contribution in [3.8, 4) is 5.75 Å². The second-order valence-corrected chi connectivity index (χ2v) is 6.91. The van der Waals surface area contributed by atoms with Crippen LogP contribution in [0.4, 0.5) is 0 Å².